The van der Waals surface area contributed by atoms with Gasteiger partial charge in [0.1, 0.15) is 29.4 Å². The number of aromatic nitrogens is 2. The molecule has 42 heavy (non-hydrogen) atoms. The number of rotatable bonds is 10. The third kappa shape index (κ3) is 9.52. The molecule has 1 aliphatic heterocycles. The Balaban J connectivity index is 0.000000517. The lowest BCUT2D eigenvalue weighted by atomic mass is 9.90. The monoisotopic (exact) mass is 609 g/mol. The van der Waals surface area contributed by atoms with Gasteiger partial charge in [0, 0.05) is 11.6 Å². The first-order valence-electron chi connectivity index (χ1n) is 14.7. The minimum Gasteiger partial charge on any atom is -0.491 e. The third-order valence-electron chi connectivity index (χ3n) is 7.90. The van der Waals surface area contributed by atoms with E-state index in [0.717, 1.165) is 66.9 Å². The highest BCUT2D eigenvalue weighted by molar-refractivity contribution is 6.30. The van der Waals surface area contributed by atoms with Gasteiger partial charge in [0.05, 0.1) is 12.1 Å². The minimum absolute atomic E-state index is 0.422. The van der Waals surface area contributed by atoms with Crippen LogP contribution in [-0.4, -0.2) is 46.5 Å². The summed E-state index contributed by atoms with van der Waals surface area (Å²) >= 11 is 6.04. The molecule has 1 saturated heterocycles. The first kappa shape index (κ1) is 31.9. The van der Waals surface area contributed by atoms with Crippen molar-refractivity contribution < 1.29 is 32.5 Å². The van der Waals surface area contributed by atoms with Crippen LogP contribution in [0.4, 0.5) is 13.2 Å². The van der Waals surface area contributed by atoms with Gasteiger partial charge < -0.3 is 24.5 Å². The second kappa shape index (κ2) is 15.5. The fourth-order valence-corrected chi connectivity index (χ4v) is 5.72. The Hall–Kier alpha value is -2.98. The lowest BCUT2D eigenvalue weighted by molar-refractivity contribution is -0.192. The molecule has 0 bridgehead atoms. The molecule has 2 aliphatic rings. The van der Waals surface area contributed by atoms with Gasteiger partial charge in [-0.15, -0.1) is 0 Å². The molecule has 3 aromatic rings. The summed E-state index contributed by atoms with van der Waals surface area (Å²) < 4.78 is 46.6. The van der Waals surface area contributed by atoms with E-state index in [1.807, 2.05) is 24.3 Å². The Morgan fingerprint density at radius 2 is 1.69 bits per heavy atom. The lowest BCUT2D eigenvalue weighted by Gasteiger charge is -2.22. The maximum absolute atomic E-state index is 10.6. The molecule has 1 aromatic heterocycles. The summed E-state index contributed by atoms with van der Waals surface area (Å²) in [4.78, 5) is 13.9. The molecule has 0 amide bonds. The zero-order valence-corrected chi connectivity index (χ0v) is 24.4. The maximum atomic E-state index is 10.6. The average Bonchev–Trinajstić information content (AvgIpc) is 3.34. The van der Waals surface area contributed by atoms with Crippen LogP contribution >= 0.6 is 11.6 Å². The smallest absolute Gasteiger partial charge is 0.490 e. The number of carboxylic acid groups (broad SMARTS) is 1. The fourth-order valence-electron chi connectivity index (χ4n) is 5.59. The quantitative estimate of drug-likeness (QED) is 0.246. The molecule has 0 radical (unpaired) electrons. The number of ether oxygens (including phenoxy) is 2. The number of nitrogens with zero attached hydrogens (tertiary/aromatic N) is 2. The van der Waals surface area contributed by atoms with E-state index < -0.39 is 12.1 Å². The topological polar surface area (TPSA) is 85.6 Å². The van der Waals surface area contributed by atoms with Gasteiger partial charge in [-0.25, -0.2) is 9.78 Å². The summed E-state index contributed by atoms with van der Waals surface area (Å²) in [5.74, 6) is 1.39. The van der Waals surface area contributed by atoms with Crippen LogP contribution < -0.4 is 14.8 Å². The van der Waals surface area contributed by atoms with Crippen LogP contribution in [0.25, 0.3) is 11.0 Å². The fraction of sp³-hybridized carbons (Fsp3) is 0.548. The number of halogens is 4. The van der Waals surface area contributed by atoms with Crippen LogP contribution in [0, 0.1) is 11.8 Å². The van der Waals surface area contributed by atoms with Gasteiger partial charge in [0.2, 0.25) is 0 Å². The SMILES string of the molecule is Clc1ccc(OCc2nc3c(OCC4CCCCC4)cccc3n2CCCC2CCNCC2)cc1.O=C(O)C(F)(F)F. The van der Waals surface area contributed by atoms with Gasteiger partial charge in [-0.2, -0.15) is 13.2 Å². The number of imidazole rings is 1. The molecule has 1 saturated carbocycles. The number of alkyl halides is 3. The van der Waals surface area contributed by atoms with Crippen LogP contribution in [0.2, 0.25) is 5.02 Å². The van der Waals surface area contributed by atoms with E-state index in [1.165, 1.54) is 51.4 Å². The van der Waals surface area contributed by atoms with E-state index in [9.17, 15) is 13.2 Å². The Bertz CT molecular complexity index is 1270. The molecule has 230 valence electrons. The largest absolute Gasteiger partial charge is 0.491 e. The van der Waals surface area contributed by atoms with Crippen molar-refractivity contribution in [1.82, 2.24) is 14.9 Å². The highest BCUT2D eigenvalue weighted by atomic mass is 35.5. The molecule has 2 heterocycles. The third-order valence-corrected chi connectivity index (χ3v) is 8.15. The molecule has 2 fully saturated rings. The molecule has 5 rings (SSSR count). The normalized spacial score (nSPS) is 16.6. The number of carbonyl (C=O) groups is 1. The van der Waals surface area contributed by atoms with Crippen molar-refractivity contribution in [1.29, 1.82) is 0 Å². The average molecular weight is 610 g/mol. The number of piperidine rings is 1. The summed E-state index contributed by atoms with van der Waals surface area (Å²) in [6.07, 6.45) is 6.49. The number of aryl methyl sites for hydroxylation is 1. The Morgan fingerprint density at radius 3 is 2.36 bits per heavy atom. The number of nitrogens with one attached hydrogen (secondary N) is 1. The van der Waals surface area contributed by atoms with Crippen LogP contribution in [0.1, 0.15) is 63.6 Å². The summed E-state index contributed by atoms with van der Waals surface area (Å²) in [6.45, 7) is 4.47. The molecule has 2 N–H and O–H groups in total. The van der Waals surface area contributed by atoms with Crippen LogP contribution in [-0.2, 0) is 17.9 Å². The first-order valence-corrected chi connectivity index (χ1v) is 15.1. The van der Waals surface area contributed by atoms with E-state index in [4.69, 9.17) is 36.0 Å². The molecular formula is C31H39ClF3N3O4. The number of para-hydroxylation sites is 1. The minimum atomic E-state index is -5.08. The summed E-state index contributed by atoms with van der Waals surface area (Å²) in [5, 5.41) is 11.3. The van der Waals surface area contributed by atoms with Gasteiger partial charge in [-0.3, -0.25) is 0 Å². The van der Waals surface area contributed by atoms with Gasteiger partial charge in [-0.1, -0.05) is 36.9 Å². The molecule has 2 aromatic carbocycles. The van der Waals surface area contributed by atoms with Gasteiger partial charge >= 0.3 is 12.1 Å². The van der Waals surface area contributed by atoms with E-state index in [0.29, 0.717) is 17.5 Å². The molecule has 7 nitrogen and oxygen atoms in total. The number of carboxylic acids is 1. The van der Waals surface area contributed by atoms with Crippen molar-refractivity contribution in [3.8, 4) is 11.5 Å². The van der Waals surface area contributed by atoms with E-state index in [1.54, 1.807) is 0 Å². The number of benzene rings is 2. The van der Waals surface area contributed by atoms with Crippen molar-refractivity contribution in [2.24, 2.45) is 11.8 Å². The maximum Gasteiger partial charge on any atom is 0.490 e. The molecule has 0 unspecified atom stereocenters. The molecular weight excluding hydrogens is 571 g/mol. The number of hydrogen-bond acceptors (Lipinski definition) is 5. The first-order chi connectivity index (χ1) is 20.2. The molecule has 1 aliphatic carbocycles. The number of fused-ring (bicyclic) bond motifs is 1. The van der Waals surface area contributed by atoms with Crippen molar-refractivity contribution in [3.63, 3.8) is 0 Å². The Labute approximate surface area is 249 Å². The van der Waals surface area contributed by atoms with E-state index in [-0.39, 0.29) is 0 Å². The summed E-state index contributed by atoms with van der Waals surface area (Å²) in [6, 6.07) is 13.9. The second-order valence-corrected chi connectivity index (χ2v) is 11.4. The standard InChI is InChI=1S/C29H38ClN3O2.C2HF3O2/c30-24-11-13-25(14-12-24)34-21-28-32-29-26(33(28)19-5-8-22-15-17-31-18-16-22)9-4-10-27(29)35-20-23-6-2-1-3-7-23;3-2(4,5)1(6)7/h4,9-14,22-23,31H,1-3,5-8,15-21H2;(H,6,7). The zero-order chi connectivity index (χ0) is 30.0. The molecule has 0 spiro atoms. The van der Waals surface area contributed by atoms with E-state index >= 15 is 0 Å². The molecule has 11 heteroatoms. The number of hydrogen-bond donors (Lipinski definition) is 2. The number of aliphatic carboxylic acids is 1. The van der Waals surface area contributed by atoms with Crippen molar-refractivity contribution in [2.45, 2.75) is 77.1 Å². The molecule has 0 atom stereocenters. The van der Waals surface area contributed by atoms with Crippen LogP contribution in [0.3, 0.4) is 0 Å². The Morgan fingerprint density at radius 1 is 1.00 bits per heavy atom. The van der Waals surface area contributed by atoms with Crippen LogP contribution in [0.15, 0.2) is 42.5 Å². The summed E-state index contributed by atoms with van der Waals surface area (Å²) in [5.41, 5.74) is 2.10. The Kier molecular flexibility index (Phi) is 11.8. The predicted molar refractivity (Wildman–Crippen MR) is 156 cm³/mol. The highest BCUT2D eigenvalue weighted by Gasteiger charge is 2.38. The van der Waals surface area contributed by atoms with Crippen molar-refractivity contribution >= 4 is 28.6 Å². The van der Waals surface area contributed by atoms with Gasteiger partial charge in [-0.05, 0) is 99.8 Å². The van der Waals surface area contributed by atoms with Crippen molar-refractivity contribution in [3.05, 3.63) is 53.3 Å². The van der Waals surface area contributed by atoms with Gasteiger partial charge in [0.15, 0.2) is 0 Å². The predicted octanol–water partition coefficient (Wildman–Crippen LogP) is 7.64. The lowest BCUT2D eigenvalue weighted by Crippen LogP contribution is -2.27. The van der Waals surface area contributed by atoms with Crippen molar-refractivity contribution in [2.75, 3.05) is 19.7 Å². The zero-order valence-electron chi connectivity index (χ0n) is 23.7. The van der Waals surface area contributed by atoms with E-state index in [2.05, 4.69) is 28.1 Å². The van der Waals surface area contributed by atoms with Gasteiger partial charge in [0.25, 0.3) is 0 Å². The highest BCUT2D eigenvalue weighted by Crippen LogP contribution is 2.30. The summed E-state index contributed by atoms with van der Waals surface area (Å²) in [7, 11) is 0. The second-order valence-electron chi connectivity index (χ2n) is 11.0. The van der Waals surface area contributed by atoms with Crippen LogP contribution in [0.5, 0.6) is 11.5 Å².